The second kappa shape index (κ2) is 6.96. The van der Waals surface area contributed by atoms with Crippen molar-refractivity contribution in [1.29, 1.82) is 0 Å². The van der Waals surface area contributed by atoms with Gasteiger partial charge < -0.3 is 24.9 Å². The molecule has 2 aromatic heterocycles. The van der Waals surface area contributed by atoms with Gasteiger partial charge >= 0.3 is 0 Å². The normalized spacial score (nSPS) is 11.2. The third kappa shape index (κ3) is 2.60. The van der Waals surface area contributed by atoms with Gasteiger partial charge in [0.25, 0.3) is 0 Å². The Balaban J connectivity index is 2.06. The van der Waals surface area contributed by atoms with E-state index in [1.54, 1.807) is 18.8 Å². The number of anilines is 1. The summed E-state index contributed by atoms with van der Waals surface area (Å²) >= 11 is 0. The second-order valence-corrected chi connectivity index (χ2v) is 6.67. The largest absolute Gasteiger partial charge is 0.494 e. The molecule has 0 amide bonds. The average molecular weight is 377 g/mol. The van der Waals surface area contributed by atoms with Crippen LogP contribution in [0.3, 0.4) is 0 Å². The molecule has 0 atom stereocenters. The summed E-state index contributed by atoms with van der Waals surface area (Å²) in [6.45, 7) is 2.76. The molecule has 0 saturated heterocycles. The van der Waals surface area contributed by atoms with Crippen LogP contribution in [-0.2, 0) is 6.54 Å². The number of methoxy groups -OCH3 is 2. The molecule has 2 aromatic carbocycles. The van der Waals surface area contributed by atoms with Crippen LogP contribution in [0.25, 0.3) is 32.9 Å². The van der Waals surface area contributed by atoms with Gasteiger partial charge in [-0.25, -0.2) is 4.98 Å². The van der Waals surface area contributed by atoms with Gasteiger partial charge in [-0.2, -0.15) is 0 Å². The van der Waals surface area contributed by atoms with Crippen molar-refractivity contribution >= 4 is 27.5 Å². The molecule has 2 heterocycles. The SMILES string of the molecule is CCCn1cc2nc3c(-c4cccc(OC)c4OC)cccc3c(N)c2c1O. The van der Waals surface area contributed by atoms with E-state index in [0.717, 1.165) is 28.5 Å². The zero-order valence-electron chi connectivity index (χ0n) is 16.2. The Morgan fingerprint density at radius 3 is 2.54 bits per heavy atom. The molecule has 0 aliphatic rings. The van der Waals surface area contributed by atoms with Crippen molar-refractivity contribution in [3.8, 4) is 28.5 Å². The maximum Gasteiger partial charge on any atom is 0.202 e. The first kappa shape index (κ1) is 18.0. The number of aromatic nitrogens is 2. The maximum absolute atomic E-state index is 10.6. The smallest absolute Gasteiger partial charge is 0.202 e. The van der Waals surface area contributed by atoms with E-state index in [4.69, 9.17) is 20.2 Å². The predicted molar refractivity (Wildman–Crippen MR) is 112 cm³/mol. The minimum atomic E-state index is 0.160. The molecule has 144 valence electrons. The Morgan fingerprint density at radius 2 is 1.82 bits per heavy atom. The number of hydrogen-bond acceptors (Lipinski definition) is 5. The summed E-state index contributed by atoms with van der Waals surface area (Å²) in [5, 5.41) is 12.0. The Labute approximate surface area is 163 Å². The van der Waals surface area contributed by atoms with Gasteiger partial charge in [0.1, 0.15) is 0 Å². The highest BCUT2D eigenvalue weighted by Gasteiger charge is 2.19. The lowest BCUT2D eigenvalue weighted by Crippen LogP contribution is -1.96. The summed E-state index contributed by atoms with van der Waals surface area (Å²) in [7, 11) is 3.24. The summed E-state index contributed by atoms with van der Waals surface area (Å²) < 4.78 is 12.8. The van der Waals surface area contributed by atoms with Gasteiger partial charge in [0.15, 0.2) is 11.5 Å². The fourth-order valence-corrected chi connectivity index (χ4v) is 3.74. The number of benzene rings is 2. The standard InChI is InChI=1S/C22H23N3O3/c1-4-11-25-12-16-18(22(25)26)19(23)15-9-5-7-13(20(15)24-16)14-8-6-10-17(27-2)21(14)28-3/h5-10,12,26H,4,11,23H2,1-3H3. The van der Waals surface area contributed by atoms with Gasteiger partial charge in [-0.3, -0.25) is 0 Å². The summed E-state index contributed by atoms with van der Waals surface area (Å²) in [4.78, 5) is 4.85. The lowest BCUT2D eigenvalue weighted by Gasteiger charge is -2.14. The maximum atomic E-state index is 10.6. The second-order valence-electron chi connectivity index (χ2n) is 6.67. The van der Waals surface area contributed by atoms with Crippen molar-refractivity contribution in [3.63, 3.8) is 0 Å². The molecule has 0 aliphatic heterocycles. The Bertz CT molecular complexity index is 1180. The Kier molecular flexibility index (Phi) is 4.47. The number of pyridine rings is 1. The molecule has 3 N–H and O–H groups in total. The molecular weight excluding hydrogens is 354 g/mol. The highest BCUT2D eigenvalue weighted by atomic mass is 16.5. The first-order chi connectivity index (χ1) is 13.6. The average Bonchev–Trinajstić information content (AvgIpc) is 3.03. The molecule has 0 unspecified atom stereocenters. The van der Waals surface area contributed by atoms with Crippen LogP contribution in [0, 0.1) is 0 Å². The van der Waals surface area contributed by atoms with E-state index in [-0.39, 0.29) is 5.88 Å². The van der Waals surface area contributed by atoms with Crippen LogP contribution in [-0.4, -0.2) is 28.9 Å². The van der Waals surface area contributed by atoms with Crippen molar-refractivity contribution in [1.82, 2.24) is 9.55 Å². The quantitative estimate of drug-likeness (QED) is 0.532. The minimum absolute atomic E-state index is 0.160. The monoisotopic (exact) mass is 377 g/mol. The summed E-state index contributed by atoms with van der Waals surface area (Å²) in [5.41, 5.74) is 10.2. The number of nitrogens with zero attached hydrogens (tertiary/aromatic N) is 2. The highest BCUT2D eigenvalue weighted by molar-refractivity contribution is 6.12. The van der Waals surface area contributed by atoms with E-state index in [9.17, 15) is 5.11 Å². The number of nitrogens with two attached hydrogens (primary N) is 1. The van der Waals surface area contributed by atoms with E-state index in [0.29, 0.717) is 34.6 Å². The first-order valence-corrected chi connectivity index (χ1v) is 9.22. The summed E-state index contributed by atoms with van der Waals surface area (Å²) in [6.07, 6.45) is 2.75. The first-order valence-electron chi connectivity index (χ1n) is 9.22. The molecule has 0 saturated carbocycles. The molecule has 6 nitrogen and oxygen atoms in total. The molecule has 0 radical (unpaired) electrons. The molecule has 0 fully saturated rings. The van der Waals surface area contributed by atoms with E-state index >= 15 is 0 Å². The van der Waals surface area contributed by atoms with Crippen LogP contribution >= 0.6 is 0 Å². The zero-order chi connectivity index (χ0) is 19.8. The van der Waals surface area contributed by atoms with Crippen LogP contribution in [0.5, 0.6) is 17.4 Å². The lowest BCUT2D eigenvalue weighted by atomic mass is 9.99. The van der Waals surface area contributed by atoms with Crippen molar-refractivity contribution in [2.45, 2.75) is 19.9 Å². The molecular formula is C22H23N3O3. The van der Waals surface area contributed by atoms with Crippen molar-refractivity contribution < 1.29 is 14.6 Å². The van der Waals surface area contributed by atoms with Gasteiger partial charge in [-0.1, -0.05) is 37.3 Å². The van der Waals surface area contributed by atoms with E-state index in [2.05, 4.69) is 6.92 Å². The predicted octanol–water partition coefficient (Wildman–Crippen LogP) is 4.57. The van der Waals surface area contributed by atoms with Crippen molar-refractivity contribution in [2.75, 3.05) is 20.0 Å². The summed E-state index contributed by atoms with van der Waals surface area (Å²) in [6, 6.07) is 11.6. The molecule has 6 heteroatoms. The van der Waals surface area contributed by atoms with E-state index in [1.807, 2.05) is 42.6 Å². The van der Waals surface area contributed by atoms with Crippen LogP contribution in [0.15, 0.2) is 42.6 Å². The van der Waals surface area contributed by atoms with E-state index < -0.39 is 0 Å². The molecule has 0 spiro atoms. The van der Waals surface area contributed by atoms with Gasteiger partial charge in [0, 0.05) is 29.3 Å². The van der Waals surface area contributed by atoms with Crippen LogP contribution in [0.2, 0.25) is 0 Å². The van der Waals surface area contributed by atoms with Gasteiger partial charge in [0.2, 0.25) is 5.88 Å². The van der Waals surface area contributed by atoms with Gasteiger partial charge in [-0.05, 0) is 12.5 Å². The number of ether oxygens (including phenoxy) is 2. The molecule has 4 rings (SSSR count). The number of rotatable bonds is 5. The molecule has 28 heavy (non-hydrogen) atoms. The molecule has 0 bridgehead atoms. The number of hydrogen-bond donors (Lipinski definition) is 2. The topological polar surface area (TPSA) is 82.5 Å². The molecule has 0 aliphatic carbocycles. The third-order valence-corrected chi connectivity index (χ3v) is 5.02. The molecule has 4 aromatic rings. The third-order valence-electron chi connectivity index (χ3n) is 5.02. The number of aromatic hydroxyl groups is 1. The number of aryl methyl sites for hydroxylation is 1. The number of fused-ring (bicyclic) bond motifs is 2. The van der Waals surface area contributed by atoms with Gasteiger partial charge in [0.05, 0.1) is 36.3 Å². The Morgan fingerprint density at radius 1 is 1.07 bits per heavy atom. The number of para-hydroxylation sites is 2. The lowest BCUT2D eigenvalue weighted by molar-refractivity contribution is 0.356. The highest BCUT2D eigenvalue weighted by Crippen LogP contribution is 2.43. The zero-order valence-corrected chi connectivity index (χ0v) is 16.2. The van der Waals surface area contributed by atoms with Crippen molar-refractivity contribution in [3.05, 3.63) is 42.6 Å². The summed E-state index contributed by atoms with van der Waals surface area (Å²) in [5.74, 6) is 1.45. The fraction of sp³-hybridized carbons (Fsp3) is 0.227. The van der Waals surface area contributed by atoms with Gasteiger partial charge in [-0.15, -0.1) is 0 Å². The Hall–Kier alpha value is -3.41. The van der Waals surface area contributed by atoms with Crippen LogP contribution < -0.4 is 15.2 Å². The minimum Gasteiger partial charge on any atom is -0.494 e. The van der Waals surface area contributed by atoms with Crippen LogP contribution in [0.1, 0.15) is 13.3 Å². The fourth-order valence-electron chi connectivity index (χ4n) is 3.74. The van der Waals surface area contributed by atoms with Crippen LogP contribution in [0.4, 0.5) is 5.69 Å². The number of nitrogen functional groups attached to an aromatic ring is 1. The van der Waals surface area contributed by atoms with E-state index in [1.165, 1.54) is 0 Å². The van der Waals surface area contributed by atoms with Crippen molar-refractivity contribution in [2.24, 2.45) is 0 Å².